The molecule has 0 spiro atoms. The summed E-state index contributed by atoms with van der Waals surface area (Å²) in [6.45, 7) is 0. The fourth-order valence-corrected chi connectivity index (χ4v) is 4.84. The Morgan fingerprint density at radius 2 is 1.65 bits per heavy atom. The molecule has 0 bridgehead atoms. The largest absolute Gasteiger partial charge is 0.421 e. The van der Waals surface area contributed by atoms with Gasteiger partial charge in [-0.05, 0) is 93.2 Å². The fraction of sp³-hybridized carbons (Fsp3) is 0. The summed E-state index contributed by atoms with van der Waals surface area (Å²) in [5.74, 6) is -1.29. The van der Waals surface area contributed by atoms with E-state index in [9.17, 15) is 14.0 Å². The minimum atomic E-state index is -0.664. The first-order chi connectivity index (χ1) is 14.9. The van der Waals surface area contributed by atoms with Crippen molar-refractivity contribution in [2.45, 2.75) is 0 Å². The average Bonchev–Trinajstić information content (AvgIpc) is 3.11. The molecule has 154 valence electrons. The lowest BCUT2D eigenvalue weighted by Gasteiger charge is -2.10. The van der Waals surface area contributed by atoms with E-state index in [1.807, 2.05) is 6.07 Å². The van der Waals surface area contributed by atoms with Gasteiger partial charge in [-0.25, -0.2) is 19.0 Å². The van der Waals surface area contributed by atoms with Gasteiger partial charge in [0.05, 0.1) is 18.3 Å². The SMILES string of the molecule is O=C1OC(c2ccccc2F)=N/C1=C\c1cc(I)c(OC(=O)c2ccccc2)c(I)c1. The molecule has 0 aromatic heterocycles. The molecule has 5 nitrogen and oxygen atoms in total. The van der Waals surface area contributed by atoms with E-state index in [1.165, 1.54) is 12.1 Å². The molecule has 0 unspecified atom stereocenters. The van der Waals surface area contributed by atoms with Crippen molar-refractivity contribution in [3.05, 3.63) is 102 Å². The van der Waals surface area contributed by atoms with Crippen molar-refractivity contribution < 1.29 is 23.5 Å². The highest BCUT2D eigenvalue weighted by atomic mass is 127. The second kappa shape index (κ2) is 9.27. The van der Waals surface area contributed by atoms with Crippen LogP contribution in [-0.4, -0.2) is 17.8 Å². The third kappa shape index (κ3) is 4.85. The van der Waals surface area contributed by atoms with Gasteiger partial charge in [-0.1, -0.05) is 30.3 Å². The number of esters is 2. The van der Waals surface area contributed by atoms with Crippen molar-refractivity contribution in [1.29, 1.82) is 0 Å². The molecule has 0 saturated carbocycles. The van der Waals surface area contributed by atoms with Crippen LogP contribution >= 0.6 is 45.2 Å². The van der Waals surface area contributed by atoms with Gasteiger partial charge in [-0.2, -0.15) is 0 Å². The van der Waals surface area contributed by atoms with Gasteiger partial charge in [0.2, 0.25) is 5.90 Å². The predicted octanol–water partition coefficient (Wildman–Crippen LogP) is 5.60. The lowest BCUT2D eigenvalue weighted by Crippen LogP contribution is -2.10. The molecule has 1 heterocycles. The number of carbonyl (C=O) groups excluding carboxylic acids is 2. The number of nitrogens with zero attached hydrogens (tertiary/aromatic N) is 1. The molecule has 1 aliphatic rings. The lowest BCUT2D eigenvalue weighted by atomic mass is 10.2. The van der Waals surface area contributed by atoms with E-state index in [1.54, 1.807) is 54.6 Å². The smallest absolute Gasteiger partial charge is 0.363 e. The Hall–Kier alpha value is -2.60. The molecule has 0 amide bonds. The van der Waals surface area contributed by atoms with E-state index in [2.05, 4.69) is 50.2 Å². The standard InChI is InChI=1S/C23H12FI2NO4/c24-16-9-5-4-8-15(16)21-27-19(23(29)31-21)12-13-10-17(25)20(18(26)11-13)30-22(28)14-6-2-1-3-7-14/h1-12H/b19-12-. The van der Waals surface area contributed by atoms with E-state index in [-0.39, 0.29) is 17.2 Å². The predicted molar refractivity (Wildman–Crippen MR) is 130 cm³/mol. The molecule has 0 N–H and O–H groups in total. The summed E-state index contributed by atoms with van der Waals surface area (Å²) in [7, 11) is 0. The van der Waals surface area contributed by atoms with Crippen LogP contribution in [0.2, 0.25) is 0 Å². The number of ether oxygens (including phenoxy) is 2. The highest BCUT2D eigenvalue weighted by Crippen LogP contribution is 2.31. The summed E-state index contributed by atoms with van der Waals surface area (Å²) < 4.78 is 26.0. The molecule has 1 aliphatic heterocycles. The highest BCUT2D eigenvalue weighted by Gasteiger charge is 2.26. The molecule has 3 aromatic rings. The van der Waals surface area contributed by atoms with Crippen molar-refractivity contribution in [3.63, 3.8) is 0 Å². The number of carbonyl (C=O) groups is 2. The topological polar surface area (TPSA) is 65.0 Å². The molecule has 31 heavy (non-hydrogen) atoms. The number of rotatable bonds is 4. The number of hydrogen-bond acceptors (Lipinski definition) is 5. The zero-order valence-corrected chi connectivity index (χ0v) is 20.0. The number of aliphatic imine (C=N–C) groups is 1. The Bertz CT molecular complexity index is 1230. The maximum Gasteiger partial charge on any atom is 0.363 e. The molecule has 0 aliphatic carbocycles. The maximum absolute atomic E-state index is 14.0. The molecule has 0 saturated heterocycles. The summed E-state index contributed by atoms with van der Waals surface area (Å²) >= 11 is 4.12. The van der Waals surface area contributed by atoms with Gasteiger partial charge in [-0.3, -0.25) is 0 Å². The molecular weight excluding hydrogens is 627 g/mol. The second-order valence-electron chi connectivity index (χ2n) is 6.39. The molecule has 8 heteroatoms. The van der Waals surface area contributed by atoms with Crippen molar-refractivity contribution in [2.75, 3.05) is 0 Å². The highest BCUT2D eigenvalue weighted by molar-refractivity contribution is 14.1. The van der Waals surface area contributed by atoms with E-state index in [4.69, 9.17) is 9.47 Å². The molecular formula is C23H12FI2NO4. The minimum Gasteiger partial charge on any atom is -0.421 e. The van der Waals surface area contributed by atoms with E-state index in [0.29, 0.717) is 24.0 Å². The van der Waals surface area contributed by atoms with Crippen molar-refractivity contribution >= 4 is 69.1 Å². The second-order valence-corrected chi connectivity index (χ2v) is 8.71. The van der Waals surface area contributed by atoms with Gasteiger partial charge in [0.25, 0.3) is 0 Å². The van der Waals surface area contributed by atoms with Gasteiger partial charge in [0.1, 0.15) is 5.82 Å². The first-order valence-electron chi connectivity index (χ1n) is 8.96. The van der Waals surface area contributed by atoms with Crippen LogP contribution in [0.5, 0.6) is 5.75 Å². The van der Waals surface area contributed by atoms with Crippen LogP contribution in [0.1, 0.15) is 21.5 Å². The summed E-state index contributed by atoms with van der Waals surface area (Å²) in [6, 6.07) is 18.2. The van der Waals surface area contributed by atoms with Gasteiger partial charge >= 0.3 is 11.9 Å². The van der Waals surface area contributed by atoms with Crippen LogP contribution in [0.4, 0.5) is 4.39 Å². The van der Waals surface area contributed by atoms with Crippen LogP contribution in [-0.2, 0) is 9.53 Å². The fourth-order valence-electron chi connectivity index (χ4n) is 2.80. The number of cyclic esters (lactones) is 1. The van der Waals surface area contributed by atoms with Gasteiger partial charge in [0.15, 0.2) is 11.4 Å². The zero-order valence-electron chi connectivity index (χ0n) is 15.6. The average molecular weight is 639 g/mol. The Kier molecular flexibility index (Phi) is 6.46. The van der Waals surface area contributed by atoms with Crippen LogP contribution < -0.4 is 4.74 Å². The lowest BCUT2D eigenvalue weighted by molar-refractivity contribution is -0.129. The summed E-state index contributed by atoms with van der Waals surface area (Å²) in [6.07, 6.45) is 1.54. The minimum absolute atomic E-state index is 0.0545. The summed E-state index contributed by atoms with van der Waals surface area (Å²) in [4.78, 5) is 28.7. The van der Waals surface area contributed by atoms with Crippen LogP contribution in [0, 0.1) is 13.0 Å². The number of halogens is 3. The molecule has 3 aromatic carbocycles. The molecule has 0 atom stereocenters. The van der Waals surface area contributed by atoms with Gasteiger partial charge in [0, 0.05) is 0 Å². The molecule has 0 radical (unpaired) electrons. The van der Waals surface area contributed by atoms with Crippen LogP contribution in [0.15, 0.2) is 77.4 Å². The Labute approximate surface area is 204 Å². The summed E-state index contributed by atoms with van der Waals surface area (Å²) in [5, 5.41) is 0. The Balaban J connectivity index is 1.61. The molecule has 0 fully saturated rings. The monoisotopic (exact) mass is 639 g/mol. The number of hydrogen-bond donors (Lipinski definition) is 0. The van der Waals surface area contributed by atoms with Gasteiger partial charge < -0.3 is 9.47 Å². The molecule has 4 rings (SSSR count). The van der Waals surface area contributed by atoms with Gasteiger partial charge in [-0.15, -0.1) is 0 Å². The normalized spacial score (nSPS) is 14.4. The van der Waals surface area contributed by atoms with Crippen LogP contribution in [0.25, 0.3) is 6.08 Å². The zero-order chi connectivity index (χ0) is 22.0. The number of benzene rings is 3. The van der Waals surface area contributed by atoms with Crippen molar-refractivity contribution in [2.24, 2.45) is 4.99 Å². The Morgan fingerprint density at radius 1 is 1.00 bits per heavy atom. The summed E-state index contributed by atoms with van der Waals surface area (Å²) in [5.41, 5.74) is 1.29. The van der Waals surface area contributed by atoms with Crippen LogP contribution in [0.3, 0.4) is 0 Å². The van der Waals surface area contributed by atoms with E-state index < -0.39 is 17.8 Å². The third-order valence-corrected chi connectivity index (χ3v) is 5.86. The first-order valence-corrected chi connectivity index (χ1v) is 11.1. The first kappa shape index (κ1) is 21.6. The van der Waals surface area contributed by atoms with E-state index in [0.717, 1.165) is 0 Å². The van der Waals surface area contributed by atoms with E-state index >= 15 is 0 Å². The Morgan fingerprint density at radius 3 is 2.32 bits per heavy atom. The third-order valence-electron chi connectivity index (χ3n) is 4.25. The maximum atomic E-state index is 14.0. The quantitative estimate of drug-likeness (QED) is 0.162. The van der Waals surface area contributed by atoms with Crippen molar-refractivity contribution in [3.8, 4) is 5.75 Å². The van der Waals surface area contributed by atoms with Crippen molar-refractivity contribution in [1.82, 2.24) is 0 Å².